The number of nitrogens with zero attached hydrogens (tertiary/aromatic N) is 6. The third-order valence-electron chi connectivity index (χ3n) is 6.06. The van der Waals surface area contributed by atoms with E-state index in [4.69, 9.17) is 4.74 Å². The van der Waals surface area contributed by atoms with Crippen LogP contribution in [-0.2, 0) is 11.3 Å². The van der Waals surface area contributed by atoms with Crippen LogP contribution in [0.25, 0.3) is 0 Å². The third-order valence-corrected chi connectivity index (χ3v) is 6.06. The number of aromatic nitrogens is 4. The molecule has 1 N–H and O–H groups in total. The van der Waals surface area contributed by atoms with Crippen molar-refractivity contribution in [2.75, 3.05) is 36.5 Å². The number of amides is 2. The summed E-state index contributed by atoms with van der Waals surface area (Å²) >= 11 is 0. The van der Waals surface area contributed by atoms with Crippen LogP contribution in [0.4, 0.5) is 24.5 Å². The fourth-order valence-corrected chi connectivity index (χ4v) is 4.17. The molecule has 1 aromatic heterocycles. The van der Waals surface area contributed by atoms with E-state index in [9.17, 15) is 22.8 Å². The van der Waals surface area contributed by atoms with E-state index in [1.165, 1.54) is 27.7 Å². The molecule has 0 spiro atoms. The molecule has 2 aromatic carbocycles. The highest BCUT2D eigenvalue weighted by Gasteiger charge is 2.40. The SMILES string of the molecule is CN1C(=O)[C@@H](NC(=O)c2nnn(Cc3ccccc3)n2)COc2cc(F)c(N3CCC(F)(F)C3)cc21. The van der Waals surface area contributed by atoms with Gasteiger partial charge >= 0.3 is 0 Å². The lowest BCUT2D eigenvalue weighted by atomic mass is 10.2. The largest absolute Gasteiger partial charge is 0.489 e. The highest BCUT2D eigenvalue weighted by atomic mass is 19.3. The van der Waals surface area contributed by atoms with Crippen LogP contribution in [0.3, 0.4) is 0 Å². The van der Waals surface area contributed by atoms with Crippen molar-refractivity contribution in [3.8, 4) is 5.75 Å². The molecule has 1 fully saturated rings. The smallest absolute Gasteiger partial charge is 0.293 e. The van der Waals surface area contributed by atoms with Crippen molar-refractivity contribution in [2.45, 2.75) is 24.9 Å². The number of nitrogens with one attached hydrogen (secondary N) is 1. The van der Waals surface area contributed by atoms with Gasteiger partial charge in [-0.1, -0.05) is 30.3 Å². The van der Waals surface area contributed by atoms with Crippen LogP contribution in [0, 0.1) is 5.82 Å². The maximum absolute atomic E-state index is 14.8. The average molecular weight is 501 g/mol. The molecule has 2 amide bonds. The fraction of sp³-hybridized carbons (Fsp3) is 0.348. The van der Waals surface area contributed by atoms with Gasteiger partial charge in [0.25, 0.3) is 23.6 Å². The van der Waals surface area contributed by atoms with Gasteiger partial charge in [0.1, 0.15) is 24.2 Å². The number of alkyl halides is 2. The van der Waals surface area contributed by atoms with E-state index in [-0.39, 0.29) is 42.5 Å². The Hall–Kier alpha value is -4.16. The molecule has 3 aromatic rings. The van der Waals surface area contributed by atoms with E-state index in [1.807, 2.05) is 30.3 Å². The molecule has 188 valence electrons. The summed E-state index contributed by atoms with van der Waals surface area (Å²) in [6.07, 6.45) is -0.382. The van der Waals surface area contributed by atoms with Gasteiger partial charge in [-0.15, -0.1) is 10.2 Å². The van der Waals surface area contributed by atoms with Crippen molar-refractivity contribution in [2.24, 2.45) is 0 Å². The van der Waals surface area contributed by atoms with Gasteiger partial charge in [0, 0.05) is 26.1 Å². The lowest BCUT2D eigenvalue weighted by Gasteiger charge is -2.23. The van der Waals surface area contributed by atoms with Crippen molar-refractivity contribution < 1.29 is 27.5 Å². The minimum atomic E-state index is -2.91. The van der Waals surface area contributed by atoms with E-state index >= 15 is 0 Å². The summed E-state index contributed by atoms with van der Waals surface area (Å²) in [5.41, 5.74) is 1.07. The monoisotopic (exact) mass is 501 g/mol. The molecular weight excluding hydrogens is 479 g/mol. The van der Waals surface area contributed by atoms with Crippen molar-refractivity contribution in [3.05, 3.63) is 59.7 Å². The van der Waals surface area contributed by atoms with Crippen LogP contribution in [-0.4, -0.2) is 70.7 Å². The first-order valence-corrected chi connectivity index (χ1v) is 11.2. The predicted molar refractivity (Wildman–Crippen MR) is 122 cm³/mol. The van der Waals surface area contributed by atoms with Gasteiger partial charge in [-0.05, 0) is 16.8 Å². The van der Waals surface area contributed by atoms with E-state index in [1.54, 1.807) is 0 Å². The minimum Gasteiger partial charge on any atom is -0.489 e. The van der Waals surface area contributed by atoms with E-state index in [0.29, 0.717) is 6.54 Å². The number of carbonyl (C=O) groups excluding carboxylic acids is 2. The summed E-state index contributed by atoms with van der Waals surface area (Å²) in [7, 11) is 1.43. The zero-order valence-corrected chi connectivity index (χ0v) is 19.2. The van der Waals surface area contributed by atoms with Crippen molar-refractivity contribution in [1.29, 1.82) is 0 Å². The molecule has 2 aliphatic rings. The van der Waals surface area contributed by atoms with Gasteiger partial charge in [0.05, 0.1) is 24.5 Å². The number of ether oxygens (including phenoxy) is 1. The number of anilines is 2. The number of hydrogen-bond donors (Lipinski definition) is 1. The quantitative estimate of drug-likeness (QED) is 0.569. The Bertz CT molecular complexity index is 1300. The molecule has 13 heteroatoms. The lowest BCUT2D eigenvalue weighted by molar-refractivity contribution is -0.120. The standard InChI is InChI=1S/C23H22F3N7O3/c1-31-18-10-17(32-8-7-23(25,26)13-32)15(24)9-19(18)36-12-16(22(31)35)27-21(34)20-28-30-33(29-20)11-14-5-3-2-4-6-14/h2-6,9-10,16H,7-8,11-13H2,1H3,(H,27,34)/t16-/m0/s1. The highest BCUT2D eigenvalue weighted by molar-refractivity contribution is 6.02. The summed E-state index contributed by atoms with van der Waals surface area (Å²) in [6, 6.07) is 10.6. The molecule has 0 saturated carbocycles. The van der Waals surface area contributed by atoms with E-state index in [2.05, 4.69) is 20.7 Å². The average Bonchev–Trinajstić information content (AvgIpc) is 3.44. The number of rotatable bonds is 5. The van der Waals surface area contributed by atoms with Crippen LogP contribution in [0.5, 0.6) is 5.75 Å². The normalized spacial score (nSPS) is 19.0. The van der Waals surface area contributed by atoms with Crippen LogP contribution in [0.1, 0.15) is 22.6 Å². The molecule has 1 saturated heterocycles. The summed E-state index contributed by atoms with van der Waals surface area (Å²) in [5.74, 6) is -5.10. The van der Waals surface area contributed by atoms with Gasteiger partial charge in [0.15, 0.2) is 0 Å². The fourth-order valence-electron chi connectivity index (χ4n) is 4.17. The Balaban J connectivity index is 1.30. The zero-order chi connectivity index (χ0) is 25.4. The van der Waals surface area contributed by atoms with Crippen molar-refractivity contribution in [3.63, 3.8) is 0 Å². The molecule has 0 aliphatic carbocycles. The molecule has 36 heavy (non-hydrogen) atoms. The maximum Gasteiger partial charge on any atom is 0.293 e. The predicted octanol–water partition coefficient (Wildman–Crippen LogP) is 1.86. The second-order valence-electron chi connectivity index (χ2n) is 8.66. The number of carbonyl (C=O) groups is 2. The van der Waals surface area contributed by atoms with Crippen LogP contribution in [0.15, 0.2) is 42.5 Å². The second-order valence-corrected chi connectivity index (χ2v) is 8.66. The first-order chi connectivity index (χ1) is 17.2. The van der Waals surface area contributed by atoms with Crippen molar-refractivity contribution in [1.82, 2.24) is 25.5 Å². The van der Waals surface area contributed by atoms with Gasteiger partial charge in [-0.25, -0.2) is 13.2 Å². The molecule has 3 heterocycles. The molecule has 2 aliphatic heterocycles. The Morgan fingerprint density at radius 2 is 2.00 bits per heavy atom. The number of benzene rings is 2. The summed E-state index contributed by atoms with van der Waals surface area (Å²) in [6.45, 7) is -0.599. The molecular formula is C23H22F3N7O3. The molecule has 1 atom stereocenters. The van der Waals surface area contributed by atoms with Crippen LogP contribution in [0.2, 0.25) is 0 Å². The topological polar surface area (TPSA) is 105 Å². The van der Waals surface area contributed by atoms with E-state index < -0.39 is 36.1 Å². The zero-order valence-electron chi connectivity index (χ0n) is 19.2. The van der Waals surface area contributed by atoms with Crippen LogP contribution < -0.4 is 19.9 Å². The van der Waals surface area contributed by atoms with E-state index in [0.717, 1.165) is 11.6 Å². The number of likely N-dealkylation sites (N-methyl/N-ethyl adjacent to an activating group) is 1. The molecule has 10 nitrogen and oxygen atoms in total. The van der Waals surface area contributed by atoms with Gasteiger partial charge in [-0.3, -0.25) is 9.59 Å². The Kier molecular flexibility index (Phi) is 5.98. The Morgan fingerprint density at radius 3 is 2.72 bits per heavy atom. The van der Waals surface area contributed by atoms with Crippen molar-refractivity contribution >= 4 is 23.2 Å². The number of tetrazole rings is 1. The Labute approximate surface area is 203 Å². The van der Waals surface area contributed by atoms with Gasteiger partial charge < -0.3 is 19.9 Å². The summed E-state index contributed by atoms with van der Waals surface area (Å²) in [4.78, 5) is 29.5. The molecule has 5 rings (SSSR count). The highest BCUT2D eigenvalue weighted by Crippen LogP contribution is 2.39. The Morgan fingerprint density at radius 1 is 1.22 bits per heavy atom. The second kappa shape index (κ2) is 9.13. The first kappa shape index (κ1) is 23.6. The minimum absolute atomic E-state index is 0.0160. The van der Waals surface area contributed by atoms with Gasteiger partial charge in [-0.2, -0.15) is 4.80 Å². The summed E-state index contributed by atoms with van der Waals surface area (Å²) in [5, 5.41) is 14.2. The van der Waals surface area contributed by atoms with Gasteiger partial charge in [0.2, 0.25) is 0 Å². The number of fused-ring (bicyclic) bond motifs is 1. The third kappa shape index (κ3) is 4.68. The molecule has 0 radical (unpaired) electrons. The number of halogens is 3. The summed E-state index contributed by atoms with van der Waals surface area (Å²) < 4.78 is 47.7. The molecule has 0 unspecified atom stereocenters. The van der Waals surface area contributed by atoms with Crippen LogP contribution >= 0.6 is 0 Å². The molecule has 0 bridgehead atoms. The first-order valence-electron chi connectivity index (χ1n) is 11.2. The number of hydrogen-bond acceptors (Lipinski definition) is 7. The lowest BCUT2D eigenvalue weighted by Crippen LogP contribution is -2.49. The maximum atomic E-state index is 14.8.